The van der Waals surface area contributed by atoms with Gasteiger partial charge in [0.25, 0.3) is 0 Å². The van der Waals surface area contributed by atoms with Gasteiger partial charge in [-0.2, -0.15) is 0 Å². The minimum absolute atomic E-state index is 0.129. The predicted octanol–water partition coefficient (Wildman–Crippen LogP) is 3.86. The molecule has 0 aromatic heterocycles. The topological polar surface area (TPSA) is 29.3 Å². The van der Waals surface area contributed by atoms with Gasteiger partial charge in [0.1, 0.15) is 0 Å². The third-order valence-electron chi connectivity index (χ3n) is 4.58. The molecule has 2 nitrogen and oxygen atoms in total. The van der Waals surface area contributed by atoms with Crippen molar-refractivity contribution in [1.29, 1.82) is 0 Å². The molecule has 1 aliphatic heterocycles. The number of likely N-dealkylation sites (tertiary alicyclic amines) is 1. The van der Waals surface area contributed by atoms with Crippen LogP contribution in [0, 0.1) is 0 Å². The normalized spacial score (nSPS) is 22.8. The quantitative estimate of drug-likeness (QED) is 0.907. The van der Waals surface area contributed by atoms with E-state index in [4.69, 9.17) is 5.73 Å². The van der Waals surface area contributed by atoms with E-state index in [1.54, 1.807) is 0 Å². The molecule has 1 aromatic carbocycles. The minimum Gasteiger partial charge on any atom is -0.323 e. The van der Waals surface area contributed by atoms with Gasteiger partial charge in [0.15, 0.2) is 0 Å². The van der Waals surface area contributed by atoms with E-state index in [1.165, 1.54) is 36.9 Å². The number of piperidine rings is 1. The average Bonchev–Trinajstić information content (AvgIpc) is 2.40. The van der Waals surface area contributed by atoms with Crippen LogP contribution in [0.2, 0.25) is 0 Å². The van der Waals surface area contributed by atoms with Crippen LogP contribution in [-0.4, -0.2) is 24.0 Å². The number of benzene rings is 1. The summed E-state index contributed by atoms with van der Waals surface area (Å²) in [6, 6.07) is 9.69. The van der Waals surface area contributed by atoms with Gasteiger partial charge >= 0.3 is 0 Å². The SMILES string of the molecule is CC1CCCCN1CC(N)c1ccc(C(C)(C)C)cc1. The summed E-state index contributed by atoms with van der Waals surface area (Å²) < 4.78 is 0. The van der Waals surface area contributed by atoms with Crippen molar-refractivity contribution in [1.82, 2.24) is 4.90 Å². The summed E-state index contributed by atoms with van der Waals surface area (Å²) >= 11 is 0. The van der Waals surface area contributed by atoms with E-state index in [-0.39, 0.29) is 11.5 Å². The van der Waals surface area contributed by atoms with Crippen molar-refractivity contribution in [3.05, 3.63) is 35.4 Å². The molecule has 1 fully saturated rings. The molecule has 0 radical (unpaired) electrons. The fourth-order valence-corrected chi connectivity index (χ4v) is 3.02. The Bertz CT molecular complexity index is 416. The van der Waals surface area contributed by atoms with Crippen LogP contribution in [-0.2, 0) is 5.41 Å². The third kappa shape index (κ3) is 3.83. The van der Waals surface area contributed by atoms with Gasteiger partial charge in [0.2, 0.25) is 0 Å². The Hall–Kier alpha value is -0.860. The molecule has 0 spiro atoms. The Balaban J connectivity index is 2.00. The lowest BCUT2D eigenvalue weighted by Gasteiger charge is -2.35. The molecule has 1 aromatic rings. The molecule has 1 saturated heterocycles. The summed E-state index contributed by atoms with van der Waals surface area (Å²) in [6.07, 6.45) is 4.00. The Kier molecular flexibility index (Phi) is 4.87. The van der Waals surface area contributed by atoms with E-state index in [0.717, 1.165) is 6.54 Å². The molecule has 112 valence electrons. The third-order valence-corrected chi connectivity index (χ3v) is 4.58. The van der Waals surface area contributed by atoms with Gasteiger partial charge in [-0.15, -0.1) is 0 Å². The van der Waals surface area contributed by atoms with E-state index >= 15 is 0 Å². The molecule has 2 heteroatoms. The van der Waals surface area contributed by atoms with Crippen molar-refractivity contribution < 1.29 is 0 Å². The summed E-state index contributed by atoms with van der Waals surface area (Å²) in [7, 11) is 0. The Morgan fingerprint density at radius 3 is 2.40 bits per heavy atom. The van der Waals surface area contributed by atoms with E-state index in [2.05, 4.69) is 56.9 Å². The van der Waals surface area contributed by atoms with Crippen LogP contribution < -0.4 is 5.73 Å². The lowest BCUT2D eigenvalue weighted by Crippen LogP contribution is -2.41. The van der Waals surface area contributed by atoms with Gasteiger partial charge in [0.05, 0.1) is 0 Å². The second-order valence-corrected chi connectivity index (χ2v) is 7.32. The van der Waals surface area contributed by atoms with Crippen molar-refractivity contribution >= 4 is 0 Å². The molecular formula is C18H30N2. The van der Waals surface area contributed by atoms with Gasteiger partial charge in [-0.05, 0) is 42.9 Å². The number of nitrogens with zero attached hydrogens (tertiary/aromatic N) is 1. The van der Waals surface area contributed by atoms with Gasteiger partial charge in [-0.25, -0.2) is 0 Å². The largest absolute Gasteiger partial charge is 0.323 e. The van der Waals surface area contributed by atoms with Crippen molar-refractivity contribution in [2.24, 2.45) is 5.73 Å². The van der Waals surface area contributed by atoms with E-state index in [0.29, 0.717) is 6.04 Å². The minimum atomic E-state index is 0.129. The van der Waals surface area contributed by atoms with Crippen LogP contribution >= 0.6 is 0 Å². The zero-order valence-corrected chi connectivity index (χ0v) is 13.5. The summed E-state index contributed by atoms with van der Waals surface area (Å²) in [5, 5.41) is 0. The number of hydrogen-bond acceptors (Lipinski definition) is 2. The van der Waals surface area contributed by atoms with E-state index in [1.807, 2.05) is 0 Å². The van der Waals surface area contributed by atoms with Crippen LogP contribution in [0.1, 0.15) is 64.1 Å². The molecule has 1 aliphatic rings. The van der Waals surface area contributed by atoms with Crippen molar-refractivity contribution in [2.75, 3.05) is 13.1 Å². The van der Waals surface area contributed by atoms with Gasteiger partial charge in [0, 0.05) is 18.6 Å². The second-order valence-electron chi connectivity index (χ2n) is 7.32. The molecule has 0 bridgehead atoms. The molecule has 0 saturated carbocycles. The standard InChI is InChI=1S/C18H30N2/c1-14-7-5-6-12-20(14)13-17(19)15-8-10-16(11-9-15)18(2,3)4/h8-11,14,17H,5-7,12-13,19H2,1-4H3. The highest BCUT2D eigenvalue weighted by Crippen LogP contribution is 2.25. The first-order valence-corrected chi connectivity index (χ1v) is 7.98. The second kappa shape index (κ2) is 6.28. The van der Waals surface area contributed by atoms with Crippen LogP contribution in [0.25, 0.3) is 0 Å². The summed E-state index contributed by atoms with van der Waals surface area (Å²) in [5.41, 5.74) is 9.25. The number of rotatable bonds is 3. The maximum absolute atomic E-state index is 6.41. The lowest BCUT2D eigenvalue weighted by atomic mass is 9.86. The number of nitrogens with two attached hydrogens (primary N) is 1. The van der Waals surface area contributed by atoms with Gasteiger partial charge < -0.3 is 5.73 Å². The van der Waals surface area contributed by atoms with Crippen molar-refractivity contribution in [2.45, 2.75) is 64.5 Å². The predicted molar refractivity (Wildman–Crippen MR) is 87.0 cm³/mol. The Labute approximate surface area is 124 Å². The summed E-state index contributed by atoms with van der Waals surface area (Å²) in [6.45, 7) is 11.3. The van der Waals surface area contributed by atoms with Crippen LogP contribution in [0.5, 0.6) is 0 Å². The molecule has 2 unspecified atom stereocenters. The lowest BCUT2D eigenvalue weighted by molar-refractivity contribution is 0.151. The van der Waals surface area contributed by atoms with Gasteiger partial charge in [-0.3, -0.25) is 4.90 Å². The molecule has 0 amide bonds. The molecule has 1 heterocycles. The molecule has 2 N–H and O–H groups in total. The highest BCUT2D eigenvalue weighted by molar-refractivity contribution is 5.29. The summed E-state index contributed by atoms with van der Waals surface area (Å²) in [4.78, 5) is 2.55. The summed E-state index contributed by atoms with van der Waals surface area (Å²) in [5.74, 6) is 0. The Morgan fingerprint density at radius 1 is 1.20 bits per heavy atom. The number of hydrogen-bond donors (Lipinski definition) is 1. The van der Waals surface area contributed by atoms with Gasteiger partial charge in [-0.1, -0.05) is 51.5 Å². The smallest absolute Gasteiger partial charge is 0.0424 e. The zero-order valence-electron chi connectivity index (χ0n) is 13.5. The maximum atomic E-state index is 6.41. The Morgan fingerprint density at radius 2 is 1.85 bits per heavy atom. The highest BCUT2D eigenvalue weighted by Gasteiger charge is 2.21. The first-order chi connectivity index (χ1) is 9.38. The molecule has 20 heavy (non-hydrogen) atoms. The van der Waals surface area contributed by atoms with Crippen LogP contribution in [0.3, 0.4) is 0 Å². The fraction of sp³-hybridized carbons (Fsp3) is 0.667. The van der Waals surface area contributed by atoms with Crippen molar-refractivity contribution in [3.63, 3.8) is 0 Å². The fourth-order valence-electron chi connectivity index (χ4n) is 3.02. The van der Waals surface area contributed by atoms with E-state index in [9.17, 15) is 0 Å². The monoisotopic (exact) mass is 274 g/mol. The van der Waals surface area contributed by atoms with Crippen LogP contribution in [0.15, 0.2) is 24.3 Å². The first-order valence-electron chi connectivity index (χ1n) is 7.98. The van der Waals surface area contributed by atoms with E-state index < -0.39 is 0 Å². The highest BCUT2D eigenvalue weighted by atomic mass is 15.2. The zero-order chi connectivity index (χ0) is 14.8. The molecule has 2 rings (SSSR count). The maximum Gasteiger partial charge on any atom is 0.0424 e. The molecule has 0 aliphatic carbocycles. The average molecular weight is 274 g/mol. The molecular weight excluding hydrogens is 244 g/mol. The first kappa shape index (κ1) is 15.5. The van der Waals surface area contributed by atoms with Crippen LogP contribution in [0.4, 0.5) is 0 Å². The molecule has 2 atom stereocenters. The van der Waals surface area contributed by atoms with Crippen molar-refractivity contribution in [3.8, 4) is 0 Å².